The van der Waals surface area contributed by atoms with Gasteiger partial charge in [-0.05, 0) is 24.5 Å². The molecule has 0 aromatic carbocycles. The van der Waals surface area contributed by atoms with Crippen molar-refractivity contribution in [3.8, 4) is 0 Å². The Morgan fingerprint density at radius 1 is 0.660 bits per heavy atom. The molecule has 2 unspecified atom stereocenters. The molecule has 2 aliphatic heterocycles. The van der Waals surface area contributed by atoms with Gasteiger partial charge in [-0.25, -0.2) is 4.79 Å². The molecular formula is C40H72N3O10-. The Kier molecular flexibility index (Phi) is 30.4. The Bertz CT molecular complexity index is 976. The number of nitrogens with zero attached hydrogens (tertiary/aromatic N) is 3. The molecule has 0 spiro atoms. The third-order valence-electron chi connectivity index (χ3n) is 9.04. The van der Waals surface area contributed by atoms with Gasteiger partial charge in [0.05, 0.1) is 58.8 Å². The van der Waals surface area contributed by atoms with E-state index in [-0.39, 0.29) is 37.5 Å². The minimum absolute atomic E-state index is 0.0288. The van der Waals surface area contributed by atoms with Gasteiger partial charge in [-0.3, -0.25) is 0 Å². The molecule has 0 aromatic rings. The SMILES string of the molecule is CCCCCCCCCCCCOCCOCCOCCOCCO/C([O-])=C1/N=NN=C1C(=O)OC(CCCCCCCCCCCC)COC1CO1. The highest BCUT2D eigenvalue weighted by Gasteiger charge is 2.29. The molecule has 0 bridgehead atoms. The van der Waals surface area contributed by atoms with E-state index in [4.69, 9.17) is 37.9 Å². The van der Waals surface area contributed by atoms with Gasteiger partial charge in [-0.15, -0.1) is 10.2 Å². The highest BCUT2D eigenvalue weighted by Crippen LogP contribution is 2.19. The molecule has 53 heavy (non-hydrogen) atoms. The first-order chi connectivity index (χ1) is 26.2. The number of carbonyl (C=O) groups is 1. The van der Waals surface area contributed by atoms with E-state index in [1.165, 1.54) is 103 Å². The highest BCUT2D eigenvalue weighted by molar-refractivity contribution is 6.43. The van der Waals surface area contributed by atoms with Gasteiger partial charge >= 0.3 is 5.97 Å². The molecule has 0 aliphatic carbocycles. The quantitative estimate of drug-likeness (QED) is 0.0261. The summed E-state index contributed by atoms with van der Waals surface area (Å²) in [5.41, 5.74) is -0.561. The number of carbonyl (C=O) groups excluding carboxylic acids is 1. The van der Waals surface area contributed by atoms with Gasteiger partial charge in [0.15, 0.2) is 6.29 Å². The maximum absolute atomic E-state index is 12.9. The predicted octanol–water partition coefficient (Wildman–Crippen LogP) is 7.94. The summed E-state index contributed by atoms with van der Waals surface area (Å²) in [7, 11) is 0. The number of rotatable bonds is 40. The molecule has 2 atom stereocenters. The van der Waals surface area contributed by atoms with Gasteiger partial charge in [-0.2, -0.15) is 0 Å². The second-order valence-corrected chi connectivity index (χ2v) is 13.8. The monoisotopic (exact) mass is 755 g/mol. The second-order valence-electron chi connectivity index (χ2n) is 13.8. The van der Waals surface area contributed by atoms with Gasteiger partial charge in [0.1, 0.15) is 18.4 Å². The zero-order valence-corrected chi connectivity index (χ0v) is 33.2. The highest BCUT2D eigenvalue weighted by atomic mass is 16.8. The molecule has 0 amide bonds. The van der Waals surface area contributed by atoms with Gasteiger partial charge < -0.3 is 43.0 Å². The second kappa shape index (κ2) is 34.3. The lowest BCUT2D eigenvalue weighted by Crippen LogP contribution is -2.30. The van der Waals surface area contributed by atoms with Gasteiger partial charge in [0.25, 0.3) is 0 Å². The largest absolute Gasteiger partial charge is 0.609 e. The van der Waals surface area contributed by atoms with Crippen LogP contribution in [0.25, 0.3) is 0 Å². The average molecular weight is 755 g/mol. The van der Waals surface area contributed by atoms with Crippen LogP contribution in [0.15, 0.2) is 27.1 Å². The molecule has 1 fully saturated rings. The van der Waals surface area contributed by atoms with Crippen LogP contribution in [0.3, 0.4) is 0 Å². The van der Waals surface area contributed by atoms with E-state index in [1.807, 2.05) is 0 Å². The number of unbranched alkanes of at least 4 members (excludes halogenated alkanes) is 18. The smallest absolute Gasteiger partial charge is 0.361 e. The minimum atomic E-state index is -0.819. The van der Waals surface area contributed by atoms with E-state index in [1.54, 1.807) is 0 Å². The van der Waals surface area contributed by atoms with Crippen molar-refractivity contribution in [2.45, 2.75) is 161 Å². The molecule has 2 rings (SSSR count). The molecule has 0 N–H and O–H groups in total. The zero-order valence-electron chi connectivity index (χ0n) is 33.2. The Balaban J connectivity index is 1.45. The number of epoxide rings is 1. The molecule has 2 aliphatic rings. The molecule has 308 valence electrons. The fraction of sp³-hybridized carbons (Fsp3) is 0.900. The average Bonchev–Trinajstić information content (AvgIpc) is 3.86. The maximum Gasteiger partial charge on any atom is 0.361 e. The van der Waals surface area contributed by atoms with Crippen LogP contribution in [0, 0.1) is 0 Å². The van der Waals surface area contributed by atoms with E-state index in [9.17, 15) is 9.90 Å². The van der Waals surface area contributed by atoms with Crippen molar-refractivity contribution in [1.29, 1.82) is 0 Å². The molecular weight excluding hydrogens is 682 g/mol. The fourth-order valence-electron chi connectivity index (χ4n) is 5.79. The van der Waals surface area contributed by atoms with Crippen molar-refractivity contribution in [1.82, 2.24) is 0 Å². The number of ether oxygens (including phenoxy) is 8. The summed E-state index contributed by atoms with van der Waals surface area (Å²) >= 11 is 0. The van der Waals surface area contributed by atoms with Crippen LogP contribution in [0.1, 0.15) is 149 Å². The van der Waals surface area contributed by atoms with E-state index in [0.717, 1.165) is 32.3 Å². The lowest BCUT2D eigenvalue weighted by Gasteiger charge is -2.19. The molecule has 2 heterocycles. The summed E-state index contributed by atoms with van der Waals surface area (Å²) in [4.78, 5) is 12.9. The van der Waals surface area contributed by atoms with E-state index >= 15 is 0 Å². The minimum Gasteiger partial charge on any atom is -0.609 e. The predicted molar refractivity (Wildman–Crippen MR) is 202 cm³/mol. The number of hydrogen-bond acceptors (Lipinski definition) is 13. The van der Waals surface area contributed by atoms with Crippen molar-refractivity contribution in [2.24, 2.45) is 15.4 Å². The van der Waals surface area contributed by atoms with E-state index < -0.39 is 18.0 Å². The summed E-state index contributed by atoms with van der Waals surface area (Å²) in [5, 5.41) is 23.5. The molecule has 1 saturated heterocycles. The van der Waals surface area contributed by atoms with Crippen LogP contribution >= 0.6 is 0 Å². The Labute approximate surface area is 319 Å². The van der Waals surface area contributed by atoms with Crippen LogP contribution in [0.2, 0.25) is 0 Å². The Morgan fingerprint density at radius 2 is 1.11 bits per heavy atom. The first-order valence-corrected chi connectivity index (χ1v) is 20.9. The zero-order chi connectivity index (χ0) is 37.9. The summed E-state index contributed by atoms with van der Waals surface area (Å²) in [5.74, 6) is -1.60. The standard InChI is InChI=1S/C40H73N3O10/c1-3-5-7-9-11-13-15-17-19-21-23-35(33-51-36-34-52-36)53-40(45)38-37(41-43-42-38)39(44)50-32-31-49-30-29-48-28-27-47-26-25-46-24-22-20-18-16-14-12-10-8-6-4-2/h35-36,44H,3-34H2,1-2H3/p-1/b39-37+. The molecule has 0 aromatic heterocycles. The van der Waals surface area contributed by atoms with Crippen molar-refractivity contribution in [2.75, 3.05) is 72.7 Å². The van der Waals surface area contributed by atoms with Gasteiger partial charge in [0.2, 0.25) is 5.71 Å². The molecule has 13 heteroatoms. The van der Waals surface area contributed by atoms with Crippen LogP contribution in [0.5, 0.6) is 0 Å². The maximum atomic E-state index is 12.9. The molecule has 0 saturated carbocycles. The first-order valence-electron chi connectivity index (χ1n) is 20.9. The van der Waals surface area contributed by atoms with Crippen molar-refractivity contribution in [3.63, 3.8) is 0 Å². The van der Waals surface area contributed by atoms with Crippen LogP contribution in [-0.2, 0) is 42.7 Å². The summed E-state index contributed by atoms with van der Waals surface area (Å²) in [6.45, 7) is 8.97. The van der Waals surface area contributed by atoms with Crippen LogP contribution in [-0.4, -0.2) is 96.8 Å². The van der Waals surface area contributed by atoms with Crippen molar-refractivity contribution < 1.29 is 47.8 Å². The summed E-state index contributed by atoms with van der Waals surface area (Å²) in [6, 6.07) is 0. The van der Waals surface area contributed by atoms with Crippen molar-refractivity contribution in [3.05, 3.63) is 11.6 Å². The number of hydrogen-bond donors (Lipinski definition) is 0. The van der Waals surface area contributed by atoms with Crippen LogP contribution < -0.4 is 5.11 Å². The van der Waals surface area contributed by atoms with Gasteiger partial charge in [0, 0.05) is 13.2 Å². The lowest BCUT2D eigenvalue weighted by molar-refractivity contribution is -0.359. The summed E-state index contributed by atoms with van der Waals surface area (Å²) < 4.78 is 43.9. The van der Waals surface area contributed by atoms with E-state index in [0.29, 0.717) is 52.7 Å². The Hall–Kier alpha value is -2.16. The van der Waals surface area contributed by atoms with Gasteiger partial charge in [-0.1, -0.05) is 129 Å². The van der Waals surface area contributed by atoms with Crippen LogP contribution in [0.4, 0.5) is 0 Å². The third-order valence-corrected chi connectivity index (χ3v) is 9.04. The van der Waals surface area contributed by atoms with Crippen molar-refractivity contribution >= 4 is 11.7 Å². The fourth-order valence-corrected chi connectivity index (χ4v) is 5.79. The third kappa shape index (κ3) is 27.1. The normalized spacial score (nSPS) is 16.6. The molecule has 0 radical (unpaired) electrons. The first kappa shape index (κ1) is 47.0. The van der Waals surface area contributed by atoms with E-state index in [2.05, 4.69) is 29.3 Å². The lowest BCUT2D eigenvalue weighted by atomic mass is 10.0. The summed E-state index contributed by atoms with van der Waals surface area (Å²) in [6.07, 6.45) is 25.2. The Morgan fingerprint density at radius 3 is 1.62 bits per heavy atom. The topological polar surface area (TPSA) is 154 Å². The number of esters is 1. The molecule has 13 nitrogen and oxygen atoms in total.